The molecule has 3 heteroatoms. The molecule has 0 amide bonds. The molecule has 0 spiro atoms. The molecule has 1 aromatic heterocycles. The van der Waals surface area contributed by atoms with Crippen LogP contribution in [0.25, 0.3) is 11.0 Å². The number of fused-ring (bicyclic) bond motifs is 1. The van der Waals surface area contributed by atoms with Crippen molar-refractivity contribution in [3.05, 3.63) is 29.1 Å². The molecule has 19 heavy (non-hydrogen) atoms. The van der Waals surface area contributed by atoms with Crippen molar-refractivity contribution in [2.24, 2.45) is 0 Å². The first kappa shape index (κ1) is 12.7. The van der Waals surface area contributed by atoms with E-state index >= 15 is 0 Å². The molecule has 2 heterocycles. The van der Waals surface area contributed by atoms with Gasteiger partial charge in [0.05, 0.1) is 17.1 Å². The molecule has 0 radical (unpaired) electrons. The van der Waals surface area contributed by atoms with Crippen molar-refractivity contribution >= 4 is 11.0 Å². The van der Waals surface area contributed by atoms with Crippen molar-refractivity contribution in [2.75, 3.05) is 6.61 Å². The minimum Gasteiger partial charge on any atom is -0.378 e. The minimum atomic E-state index is 0.436. The van der Waals surface area contributed by atoms with E-state index in [1.165, 1.54) is 30.4 Å². The highest BCUT2D eigenvalue weighted by Crippen LogP contribution is 2.20. The van der Waals surface area contributed by atoms with E-state index in [-0.39, 0.29) is 0 Å². The summed E-state index contributed by atoms with van der Waals surface area (Å²) < 4.78 is 5.77. The zero-order chi connectivity index (χ0) is 13.2. The molecular formula is C16H22N2O. The number of aromatic amines is 1. The first-order chi connectivity index (χ1) is 9.22. The summed E-state index contributed by atoms with van der Waals surface area (Å²) >= 11 is 0. The van der Waals surface area contributed by atoms with Crippen LogP contribution in [0.2, 0.25) is 0 Å². The Morgan fingerprint density at radius 2 is 2.11 bits per heavy atom. The van der Waals surface area contributed by atoms with Crippen molar-refractivity contribution in [1.82, 2.24) is 9.97 Å². The van der Waals surface area contributed by atoms with Gasteiger partial charge in [-0.2, -0.15) is 0 Å². The van der Waals surface area contributed by atoms with Gasteiger partial charge >= 0.3 is 0 Å². The Kier molecular flexibility index (Phi) is 3.56. The molecule has 102 valence electrons. The number of aryl methyl sites for hydroxylation is 3. The molecule has 1 N–H and O–H groups in total. The van der Waals surface area contributed by atoms with Crippen LogP contribution in [0.3, 0.4) is 0 Å². The van der Waals surface area contributed by atoms with Gasteiger partial charge in [0.1, 0.15) is 5.82 Å². The van der Waals surface area contributed by atoms with Crippen molar-refractivity contribution in [3.63, 3.8) is 0 Å². The summed E-state index contributed by atoms with van der Waals surface area (Å²) in [7, 11) is 0. The van der Waals surface area contributed by atoms with E-state index in [0.29, 0.717) is 6.10 Å². The summed E-state index contributed by atoms with van der Waals surface area (Å²) in [6, 6.07) is 4.36. The lowest BCUT2D eigenvalue weighted by atomic mass is 10.0. The number of aromatic nitrogens is 2. The lowest BCUT2D eigenvalue weighted by Crippen LogP contribution is -2.19. The maximum Gasteiger partial charge on any atom is 0.107 e. The fourth-order valence-corrected chi connectivity index (χ4v) is 2.77. The summed E-state index contributed by atoms with van der Waals surface area (Å²) in [5.41, 5.74) is 4.87. The highest BCUT2D eigenvalue weighted by atomic mass is 16.5. The van der Waals surface area contributed by atoms with Gasteiger partial charge in [-0.25, -0.2) is 4.98 Å². The number of rotatable bonds is 3. The second kappa shape index (κ2) is 5.33. The van der Waals surface area contributed by atoms with Crippen molar-refractivity contribution in [3.8, 4) is 0 Å². The zero-order valence-corrected chi connectivity index (χ0v) is 11.8. The third-order valence-corrected chi connectivity index (χ3v) is 4.12. The average Bonchev–Trinajstić information content (AvgIpc) is 2.80. The Hall–Kier alpha value is -1.35. The van der Waals surface area contributed by atoms with Gasteiger partial charge < -0.3 is 9.72 Å². The van der Waals surface area contributed by atoms with Crippen LogP contribution in [0.4, 0.5) is 0 Å². The van der Waals surface area contributed by atoms with Gasteiger partial charge in [0, 0.05) is 13.0 Å². The van der Waals surface area contributed by atoms with E-state index in [4.69, 9.17) is 4.74 Å². The monoisotopic (exact) mass is 258 g/mol. The van der Waals surface area contributed by atoms with Crippen molar-refractivity contribution in [1.29, 1.82) is 0 Å². The van der Waals surface area contributed by atoms with Gasteiger partial charge in [0.25, 0.3) is 0 Å². The SMILES string of the molecule is Cc1cc2nc(CCC3CCCCO3)[nH]c2cc1C. The summed E-state index contributed by atoms with van der Waals surface area (Å²) in [4.78, 5) is 8.12. The highest BCUT2D eigenvalue weighted by Gasteiger charge is 2.14. The molecule has 1 unspecified atom stereocenters. The molecule has 1 saturated heterocycles. The molecule has 3 rings (SSSR count). The third-order valence-electron chi connectivity index (χ3n) is 4.12. The molecule has 1 atom stereocenters. The van der Waals surface area contributed by atoms with Crippen LogP contribution in [0.15, 0.2) is 12.1 Å². The van der Waals surface area contributed by atoms with E-state index < -0.39 is 0 Å². The maximum absolute atomic E-state index is 5.77. The summed E-state index contributed by atoms with van der Waals surface area (Å²) in [6.45, 7) is 5.22. The van der Waals surface area contributed by atoms with Crippen molar-refractivity contribution in [2.45, 2.75) is 52.1 Å². The second-order valence-corrected chi connectivity index (χ2v) is 5.66. The maximum atomic E-state index is 5.77. The number of ether oxygens (including phenoxy) is 1. The van der Waals surface area contributed by atoms with Gasteiger partial charge in [-0.05, 0) is 62.8 Å². The van der Waals surface area contributed by atoms with E-state index in [1.807, 2.05) is 0 Å². The van der Waals surface area contributed by atoms with E-state index in [9.17, 15) is 0 Å². The molecule has 0 aliphatic carbocycles. The smallest absolute Gasteiger partial charge is 0.107 e. The molecule has 1 aromatic carbocycles. The second-order valence-electron chi connectivity index (χ2n) is 5.66. The Balaban J connectivity index is 1.70. The molecule has 0 bridgehead atoms. The van der Waals surface area contributed by atoms with Crippen LogP contribution in [0.5, 0.6) is 0 Å². The molecule has 1 aliphatic heterocycles. The van der Waals surface area contributed by atoms with Crippen LogP contribution in [-0.4, -0.2) is 22.7 Å². The number of imidazole rings is 1. The standard InChI is InChI=1S/C16H22N2O/c1-11-9-14-15(10-12(11)2)18-16(17-14)7-6-13-5-3-4-8-19-13/h9-10,13H,3-8H2,1-2H3,(H,17,18). The fraction of sp³-hybridized carbons (Fsp3) is 0.562. The van der Waals surface area contributed by atoms with Gasteiger partial charge in [-0.1, -0.05) is 0 Å². The number of benzene rings is 1. The average molecular weight is 258 g/mol. The lowest BCUT2D eigenvalue weighted by Gasteiger charge is -2.21. The predicted molar refractivity (Wildman–Crippen MR) is 77.5 cm³/mol. The number of H-pyrrole nitrogens is 1. The fourth-order valence-electron chi connectivity index (χ4n) is 2.77. The third kappa shape index (κ3) is 2.81. The van der Waals surface area contributed by atoms with Crippen molar-refractivity contribution < 1.29 is 4.74 Å². The molecule has 1 fully saturated rings. The summed E-state index contributed by atoms with van der Waals surface area (Å²) in [6.07, 6.45) is 6.24. The largest absolute Gasteiger partial charge is 0.378 e. The van der Waals surface area contributed by atoms with Gasteiger partial charge in [-0.15, -0.1) is 0 Å². The van der Waals surface area contributed by atoms with Crippen LogP contribution < -0.4 is 0 Å². The van der Waals surface area contributed by atoms with Gasteiger partial charge in [0.15, 0.2) is 0 Å². The topological polar surface area (TPSA) is 37.9 Å². The van der Waals surface area contributed by atoms with Crippen LogP contribution >= 0.6 is 0 Å². The number of hydrogen-bond acceptors (Lipinski definition) is 2. The zero-order valence-electron chi connectivity index (χ0n) is 11.8. The Morgan fingerprint density at radius 3 is 2.89 bits per heavy atom. The number of nitrogens with zero attached hydrogens (tertiary/aromatic N) is 1. The summed E-state index contributed by atoms with van der Waals surface area (Å²) in [5.74, 6) is 1.09. The van der Waals surface area contributed by atoms with E-state index in [0.717, 1.165) is 36.3 Å². The van der Waals surface area contributed by atoms with Crippen LogP contribution in [0.1, 0.15) is 42.6 Å². The Labute approximate surface area is 114 Å². The Bertz CT molecular complexity index is 528. The molecule has 1 aliphatic rings. The number of hydrogen-bond donors (Lipinski definition) is 1. The quantitative estimate of drug-likeness (QED) is 0.912. The van der Waals surface area contributed by atoms with Gasteiger partial charge in [0.2, 0.25) is 0 Å². The first-order valence-electron chi connectivity index (χ1n) is 7.30. The highest BCUT2D eigenvalue weighted by molar-refractivity contribution is 5.77. The molecule has 0 saturated carbocycles. The summed E-state index contributed by atoms with van der Waals surface area (Å²) in [5, 5.41) is 0. The molecule has 3 nitrogen and oxygen atoms in total. The van der Waals surface area contributed by atoms with Gasteiger partial charge in [-0.3, -0.25) is 0 Å². The molecular weight excluding hydrogens is 236 g/mol. The van der Waals surface area contributed by atoms with E-state index in [2.05, 4.69) is 35.9 Å². The molecule has 2 aromatic rings. The van der Waals surface area contributed by atoms with Crippen LogP contribution in [-0.2, 0) is 11.2 Å². The van der Waals surface area contributed by atoms with Crippen LogP contribution in [0, 0.1) is 13.8 Å². The minimum absolute atomic E-state index is 0.436. The lowest BCUT2D eigenvalue weighted by molar-refractivity contribution is 0.0112. The Morgan fingerprint density at radius 1 is 1.26 bits per heavy atom. The van der Waals surface area contributed by atoms with E-state index in [1.54, 1.807) is 0 Å². The number of nitrogens with one attached hydrogen (secondary N) is 1. The normalized spacial score (nSPS) is 20.0. The predicted octanol–water partition coefficient (Wildman–Crippen LogP) is 3.68. The first-order valence-corrected chi connectivity index (χ1v) is 7.30.